The molecule has 12 heteroatoms. The van der Waals surface area contributed by atoms with Crippen molar-refractivity contribution in [1.29, 1.82) is 0 Å². The minimum Gasteiger partial charge on any atom is -0.475 e. The fourth-order valence-corrected chi connectivity index (χ4v) is 4.38. The highest BCUT2D eigenvalue weighted by Crippen LogP contribution is 2.29. The van der Waals surface area contributed by atoms with E-state index in [0.29, 0.717) is 0 Å². The topological polar surface area (TPSA) is 106 Å². The molecular weight excluding hydrogens is 413 g/mol. The summed E-state index contributed by atoms with van der Waals surface area (Å²) in [5, 5.41) is 11.6. The van der Waals surface area contributed by atoms with E-state index in [1.54, 1.807) is 17.8 Å². The number of hydrogen-bond acceptors (Lipinski definition) is 5. The molecule has 1 aliphatic heterocycles. The molecule has 0 unspecified atom stereocenters. The van der Waals surface area contributed by atoms with Crippen molar-refractivity contribution in [2.24, 2.45) is 7.05 Å². The molecule has 8 nitrogen and oxygen atoms in total. The van der Waals surface area contributed by atoms with Gasteiger partial charge in [-0.1, -0.05) is 12.1 Å². The number of aromatic nitrogens is 3. The third-order valence-corrected chi connectivity index (χ3v) is 5.85. The Hall–Kier alpha value is -2.86. The maximum absolute atomic E-state index is 12.9. The fraction of sp³-hybridized carbons (Fsp3) is 0.294. The number of carbonyl (C=O) groups is 1. The number of aliphatic carboxylic acids is 1. The van der Waals surface area contributed by atoms with Gasteiger partial charge in [0.1, 0.15) is 0 Å². The molecule has 156 valence electrons. The summed E-state index contributed by atoms with van der Waals surface area (Å²) in [7, 11) is -1.91. The van der Waals surface area contributed by atoms with Crippen molar-refractivity contribution in [3.8, 4) is 0 Å². The zero-order valence-electron chi connectivity index (χ0n) is 15.1. The molecule has 0 fully saturated rings. The van der Waals surface area contributed by atoms with Crippen molar-refractivity contribution in [3.63, 3.8) is 0 Å². The van der Waals surface area contributed by atoms with Gasteiger partial charge in [-0.15, -0.1) is 0 Å². The minimum absolute atomic E-state index is 0.0686. The molecule has 3 heterocycles. The van der Waals surface area contributed by atoms with Crippen molar-refractivity contribution < 1.29 is 31.5 Å². The lowest BCUT2D eigenvalue weighted by atomic mass is 10.1. The van der Waals surface area contributed by atoms with Gasteiger partial charge in [0.05, 0.1) is 11.8 Å². The van der Waals surface area contributed by atoms with Crippen LogP contribution in [0, 0.1) is 0 Å². The van der Waals surface area contributed by atoms with Gasteiger partial charge >= 0.3 is 12.1 Å². The van der Waals surface area contributed by atoms with Crippen LogP contribution in [-0.2, 0) is 34.8 Å². The molecule has 0 bridgehead atoms. The first kappa shape index (κ1) is 20.9. The third kappa shape index (κ3) is 4.12. The number of hydrogen-bond donors (Lipinski definition) is 2. The molecule has 0 spiro atoms. The maximum atomic E-state index is 12.9. The number of nitrogens with one attached hydrogen (secondary N) is 1. The zero-order chi connectivity index (χ0) is 21.4. The van der Waals surface area contributed by atoms with Crippen LogP contribution in [0.3, 0.4) is 0 Å². The van der Waals surface area contributed by atoms with Crippen molar-refractivity contribution >= 4 is 26.9 Å². The number of benzene rings is 1. The van der Waals surface area contributed by atoms with E-state index in [2.05, 4.69) is 10.3 Å². The molecule has 0 radical (unpaired) electrons. The third-order valence-electron chi connectivity index (χ3n) is 4.29. The second kappa shape index (κ2) is 7.52. The molecule has 3 aromatic rings. The van der Waals surface area contributed by atoms with Crippen molar-refractivity contribution in [1.82, 2.24) is 18.8 Å². The average molecular weight is 430 g/mol. The normalized spacial score (nSPS) is 14.2. The molecule has 1 aliphatic rings. The number of carboxylic acids is 1. The lowest BCUT2D eigenvalue weighted by Gasteiger charge is -2.07. The van der Waals surface area contributed by atoms with E-state index in [4.69, 9.17) is 9.90 Å². The number of halogens is 3. The van der Waals surface area contributed by atoms with E-state index in [0.717, 1.165) is 41.5 Å². The van der Waals surface area contributed by atoms with Crippen LogP contribution in [-0.4, -0.2) is 45.7 Å². The van der Waals surface area contributed by atoms with E-state index in [1.165, 1.54) is 16.5 Å². The van der Waals surface area contributed by atoms with Crippen LogP contribution < -0.4 is 5.32 Å². The molecule has 0 amide bonds. The number of alkyl halides is 3. The van der Waals surface area contributed by atoms with Crippen LogP contribution in [0.5, 0.6) is 0 Å². The van der Waals surface area contributed by atoms with E-state index >= 15 is 0 Å². The summed E-state index contributed by atoms with van der Waals surface area (Å²) in [5.41, 5.74) is 2.93. The molecule has 0 saturated carbocycles. The highest BCUT2D eigenvalue weighted by Gasteiger charge is 2.38. The fourth-order valence-electron chi connectivity index (χ4n) is 3.02. The van der Waals surface area contributed by atoms with Crippen LogP contribution in [0.1, 0.15) is 11.1 Å². The quantitative estimate of drug-likeness (QED) is 0.643. The van der Waals surface area contributed by atoms with Gasteiger partial charge in [0.25, 0.3) is 10.0 Å². The Morgan fingerprint density at radius 2 is 1.93 bits per heavy atom. The van der Waals surface area contributed by atoms with Gasteiger partial charge in [0, 0.05) is 31.4 Å². The Morgan fingerprint density at radius 1 is 1.24 bits per heavy atom. The van der Waals surface area contributed by atoms with Gasteiger partial charge in [-0.25, -0.2) is 13.8 Å². The Bertz CT molecular complexity index is 1170. The highest BCUT2D eigenvalue weighted by atomic mass is 32.2. The van der Waals surface area contributed by atoms with Gasteiger partial charge < -0.3 is 15.0 Å². The minimum atomic E-state index is -5.08. The SMILES string of the molecule is Cn1cnc(S(=O)(=O)n2cc3c4c(cccc42)CNCC3)c1.O=C(O)C(F)(F)F. The van der Waals surface area contributed by atoms with Crippen LogP contribution in [0.25, 0.3) is 10.9 Å². The number of aryl methyl sites for hydroxylation is 1. The summed E-state index contributed by atoms with van der Waals surface area (Å²) >= 11 is 0. The van der Waals surface area contributed by atoms with Crippen molar-refractivity contribution in [2.75, 3.05) is 6.54 Å². The Labute approximate surface area is 163 Å². The number of imidazole rings is 1. The molecule has 0 saturated heterocycles. The predicted octanol–water partition coefficient (Wildman–Crippen LogP) is 1.89. The summed E-state index contributed by atoms with van der Waals surface area (Å²) in [6.07, 6.45) is 0.500. The summed E-state index contributed by atoms with van der Waals surface area (Å²) in [6, 6.07) is 5.80. The predicted molar refractivity (Wildman–Crippen MR) is 96.8 cm³/mol. The second-order valence-electron chi connectivity index (χ2n) is 6.37. The summed E-state index contributed by atoms with van der Waals surface area (Å²) < 4.78 is 60.5. The number of carboxylic acid groups (broad SMARTS) is 1. The summed E-state index contributed by atoms with van der Waals surface area (Å²) in [5.74, 6) is -2.76. The van der Waals surface area contributed by atoms with Crippen molar-refractivity contribution in [3.05, 3.63) is 48.0 Å². The van der Waals surface area contributed by atoms with E-state index < -0.39 is 22.2 Å². The first-order valence-electron chi connectivity index (χ1n) is 8.38. The largest absolute Gasteiger partial charge is 0.490 e. The van der Waals surface area contributed by atoms with E-state index in [9.17, 15) is 21.6 Å². The monoisotopic (exact) mass is 430 g/mol. The van der Waals surface area contributed by atoms with Crippen molar-refractivity contribution in [2.45, 2.75) is 24.2 Å². The van der Waals surface area contributed by atoms with Crippen LogP contribution in [0.2, 0.25) is 0 Å². The average Bonchev–Trinajstić information content (AvgIpc) is 3.17. The Morgan fingerprint density at radius 3 is 2.52 bits per heavy atom. The van der Waals surface area contributed by atoms with Gasteiger partial charge in [-0.2, -0.15) is 21.6 Å². The zero-order valence-corrected chi connectivity index (χ0v) is 16.0. The van der Waals surface area contributed by atoms with Crippen LogP contribution in [0.4, 0.5) is 13.2 Å². The molecule has 1 aromatic carbocycles. The summed E-state index contributed by atoms with van der Waals surface area (Å²) in [6.45, 7) is 1.61. The first-order chi connectivity index (χ1) is 13.5. The van der Waals surface area contributed by atoms with E-state index in [1.807, 2.05) is 18.2 Å². The van der Waals surface area contributed by atoms with Crippen LogP contribution in [0.15, 0.2) is 41.9 Å². The molecule has 0 aliphatic carbocycles. The Kier molecular flexibility index (Phi) is 5.41. The standard InChI is InChI=1S/C15H16N4O2S.C2HF3O2/c1-18-9-14(17-10-18)22(20,21)19-8-12-5-6-16-7-11-3-2-4-13(19)15(11)12;3-2(4,5)1(6)7/h2-4,8-10,16H,5-7H2,1H3;(H,6,7). The van der Waals surface area contributed by atoms with Gasteiger partial charge in [-0.3, -0.25) is 0 Å². The lowest BCUT2D eigenvalue weighted by Crippen LogP contribution is -2.21. The molecular formula is C17H17F3N4O4S. The molecule has 29 heavy (non-hydrogen) atoms. The second-order valence-corrected chi connectivity index (χ2v) is 8.14. The van der Waals surface area contributed by atoms with Crippen LogP contribution >= 0.6 is 0 Å². The number of rotatable bonds is 2. The molecule has 2 aromatic heterocycles. The maximum Gasteiger partial charge on any atom is 0.490 e. The molecule has 2 N–H and O–H groups in total. The molecule has 0 atom stereocenters. The highest BCUT2D eigenvalue weighted by molar-refractivity contribution is 7.90. The lowest BCUT2D eigenvalue weighted by molar-refractivity contribution is -0.192. The summed E-state index contributed by atoms with van der Waals surface area (Å²) in [4.78, 5) is 12.9. The van der Waals surface area contributed by atoms with Gasteiger partial charge in [0.15, 0.2) is 5.03 Å². The smallest absolute Gasteiger partial charge is 0.475 e. The first-order valence-corrected chi connectivity index (χ1v) is 9.82. The van der Waals surface area contributed by atoms with E-state index in [-0.39, 0.29) is 5.03 Å². The number of nitrogens with zero attached hydrogens (tertiary/aromatic N) is 3. The van der Waals surface area contributed by atoms with Gasteiger partial charge in [-0.05, 0) is 30.2 Å². The van der Waals surface area contributed by atoms with Gasteiger partial charge in [0.2, 0.25) is 0 Å². The molecule has 4 rings (SSSR count). The Balaban J connectivity index is 0.000000298.